The van der Waals surface area contributed by atoms with E-state index in [4.69, 9.17) is 10.8 Å². The van der Waals surface area contributed by atoms with E-state index in [-0.39, 0.29) is 0 Å². The molecule has 1 aliphatic rings. The third-order valence-corrected chi connectivity index (χ3v) is 4.37. The van der Waals surface area contributed by atoms with Crippen LogP contribution in [0.2, 0.25) is 0 Å². The highest BCUT2D eigenvalue weighted by atomic mass is 32.1. The van der Waals surface area contributed by atoms with Gasteiger partial charge in [-0.05, 0) is 18.9 Å². The van der Waals surface area contributed by atoms with Crippen LogP contribution >= 0.6 is 11.3 Å². The SMILES string of the molecule is Nc1ncc(Cc2ccn(C3CCCCC3)n2)s1. The largest absolute Gasteiger partial charge is 0.375 e. The Balaban J connectivity index is 1.69. The first-order valence-corrected chi connectivity index (χ1v) is 7.37. The number of hydrogen-bond donors (Lipinski definition) is 1. The van der Waals surface area contributed by atoms with Crippen molar-refractivity contribution >= 4 is 16.5 Å². The standard InChI is InChI=1S/C13H18N4S/c14-13-15-9-12(18-13)8-10-6-7-17(16-10)11-4-2-1-3-5-11/h6-7,9,11H,1-5,8H2,(H2,14,15). The molecule has 2 heterocycles. The average Bonchev–Trinajstić information content (AvgIpc) is 3.01. The second-order valence-electron chi connectivity index (χ2n) is 4.92. The normalized spacial score (nSPS) is 17.1. The minimum atomic E-state index is 0.610. The van der Waals surface area contributed by atoms with Gasteiger partial charge in [0, 0.05) is 23.7 Å². The van der Waals surface area contributed by atoms with Crippen LogP contribution in [-0.2, 0) is 6.42 Å². The molecule has 1 fully saturated rings. The Labute approximate surface area is 111 Å². The molecule has 0 unspecified atom stereocenters. The van der Waals surface area contributed by atoms with Gasteiger partial charge in [-0.15, -0.1) is 11.3 Å². The van der Waals surface area contributed by atoms with Gasteiger partial charge in [0.2, 0.25) is 0 Å². The molecular formula is C13H18N4S. The zero-order valence-corrected chi connectivity index (χ0v) is 11.2. The van der Waals surface area contributed by atoms with E-state index >= 15 is 0 Å². The van der Waals surface area contributed by atoms with E-state index in [1.165, 1.54) is 37.0 Å². The fraction of sp³-hybridized carbons (Fsp3) is 0.538. The van der Waals surface area contributed by atoms with Crippen LogP contribution in [0, 0.1) is 0 Å². The topological polar surface area (TPSA) is 56.7 Å². The Kier molecular flexibility index (Phi) is 3.32. The molecule has 0 bridgehead atoms. The molecule has 2 N–H and O–H groups in total. The van der Waals surface area contributed by atoms with Crippen LogP contribution in [-0.4, -0.2) is 14.8 Å². The van der Waals surface area contributed by atoms with Gasteiger partial charge in [0.05, 0.1) is 11.7 Å². The van der Waals surface area contributed by atoms with Crippen molar-refractivity contribution in [3.05, 3.63) is 29.0 Å². The van der Waals surface area contributed by atoms with Crippen LogP contribution in [0.1, 0.15) is 48.7 Å². The Bertz CT molecular complexity index is 511. The van der Waals surface area contributed by atoms with E-state index in [9.17, 15) is 0 Å². The van der Waals surface area contributed by atoms with Gasteiger partial charge in [0.1, 0.15) is 0 Å². The van der Waals surface area contributed by atoms with Gasteiger partial charge in [0.15, 0.2) is 5.13 Å². The molecule has 18 heavy (non-hydrogen) atoms. The summed E-state index contributed by atoms with van der Waals surface area (Å²) in [6.45, 7) is 0. The first kappa shape index (κ1) is 11.7. The summed E-state index contributed by atoms with van der Waals surface area (Å²) in [7, 11) is 0. The number of hydrogen-bond acceptors (Lipinski definition) is 4. The van der Waals surface area contributed by atoms with Crippen molar-refractivity contribution in [3.8, 4) is 0 Å². The quantitative estimate of drug-likeness (QED) is 0.925. The third kappa shape index (κ3) is 2.56. The molecule has 3 rings (SSSR count). The summed E-state index contributed by atoms with van der Waals surface area (Å²) in [6, 6.07) is 2.73. The monoisotopic (exact) mass is 262 g/mol. The molecule has 0 spiro atoms. The number of nitrogens with zero attached hydrogens (tertiary/aromatic N) is 3. The zero-order valence-electron chi connectivity index (χ0n) is 10.4. The van der Waals surface area contributed by atoms with Crippen molar-refractivity contribution in [1.82, 2.24) is 14.8 Å². The molecular weight excluding hydrogens is 244 g/mol. The summed E-state index contributed by atoms with van der Waals surface area (Å²) in [4.78, 5) is 5.25. The smallest absolute Gasteiger partial charge is 0.180 e. The van der Waals surface area contributed by atoms with Crippen LogP contribution in [0.4, 0.5) is 5.13 Å². The molecule has 2 aromatic rings. The fourth-order valence-corrected chi connectivity index (χ4v) is 3.30. The first-order chi connectivity index (χ1) is 8.81. The lowest BCUT2D eigenvalue weighted by Crippen LogP contribution is -2.13. The first-order valence-electron chi connectivity index (χ1n) is 6.55. The van der Waals surface area contributed by atoms with Crippen molar-refractivity contribution in [1.29, 1.82) is 0 Å². The highest BCUT2D eigenvalue weighted by Gasteiger charge is 2.16. The van der Waals surface area contributed by atoms with Crippen molar-refractivity contribution in [2.75, 3.05) is 5.73 Å². The number of nitrogens with two attached hydrogens (primary N) is 1. The third-order valence-electron chi connectivity index (χ3n) is 3.54. The van der Waals surface area contributed by atoms with Crippen LogP contribution in [0.3, 0.4) is 0 Å². The summed E-state index contributed by atoms with van der Waals surface area (Å²) < 4.78 is 2.15. The van der Waals surface area contributed by atoms with E-state index in [0.29, 0.717) is 11.2 Å². The van der Waals surface area contributed by atoms with Gasteiger partial charge in [-0.1, -0.05) is 19.3 Å². The maximum Gasteiger partial charge on any atom is 0.180 e. The van der Waals surface area contributed by atoms with Crippen molar-refractivity contribution in [2.45, 2.75) is 44.6 Å². The van der Waals surface area contributed by atoms with E-state index in [2.05, 4.69) is 21.9 Å². The molecule has 0 atom stereocenters. The molecule has 96 valence electrons. The van der Waals surface area contributed by atoms with Gasteiger partial charge >= 0.3 is 0 Å². The van der Waals surface area contributed by atoms with E-state index in [1.807, 2.05) is 6.20 Å². The lowest BCUT2D eigenvalue weighted by Gasteiger charge is -2.21. The van der Waals surface area contributed by atoms with Crippen LogP contribution < -0.4 is 5.73 Å². The van der Waals surface area contributed by atoms with Gasteiger partial charge in [-0.2, -0.15) is 5.10 Å². The average molecular weight is 262 g/mol. The van der Waals surface area contributed by atoms with Crippen molar-refractivity contribution in [2.24, 2.45) is 0 Å². The molecule has 0 aromatic carbocycles. The highest BCUT2D eigenvalue weighted by Crippen LogP contribution is 2.27. The molecule has 4 nitrogen and oxygen atoms in total. The summed E-state index contributed by atoms with van der Waals surface area (Å²) in [5.41, 5.74) is 6.75. The highest BCUT2D eigenvalue weighted by molar-refractivity contribution is 7.15. The second kappa shape index (κ2) is 5.10. The molecule has 5 heteroatoms. The molecule has 1 saturated carbocycles. The number of thiazole rings is 1. The van der Waals surface area contributed by atoms with E-state index < -0.39 is 0 Å². The van der Waals surface area contributed by atoms with E-state index in [1.54, 1.807) is 11.3 Å². The number of nitrogen functional groups attached to an aromatic ring is 1. The maximum absolute atomic E-state index is 5.64. The molecule has 1 aliphatic carbocycles. The Morgan fingerprint density at radius 3 is 2.89 bits per heavy atom. The van der Waals surface area contributed by atoms with Gasteiger partial charge < -0.3 is 5.73 Å². The van der Waals surface area contributed by atoms with Crippen LogP contribution in [0.5, 0.6) is 0 Å². The summed E-state index contributed by atoms with van der Waals surface area (Å²) in [5, 5.41) is 5.33. The van der Waals surface area contributed by atoms with Crippen LogP contribution in [0.15, 0.2) is 18.5 Å². The fourth-order valence-electron chi connectivity index (χ4n) is 2.60. The molecule has 0 amide bonds. The molecule has 0 aliphatic heterocycles. The number of aromatic nitrogens is 3. The Morgan fingerprint density at radius 2 is 2.17 bits per heavy atom. The zero-order chi connectivity index (χ0) is 12.4. The van der Waals surface area contributed by atoms with Crippen molar-refractivity contribution < 1.29 is 0 Å². The van der Waals surface area contributed by atoms with Gasteiger partial charge in [-0.25, -0.2) is 4.98 Å². The lowest BCUT2D eigenvalue weighted by atomic mass is 9.96. The Hall–Kier alpha value is -1.36. The van der Waals surface area contributed by atoms with Gasteiger partial charge in [0.25, 0.3) is 0 Å². The minimum absolute atomic E-state index is 0.610. The molecule has 2 aromatic heterocycles. The van der Waals surface area contributed by atoms with Crippen LogP contribution in [0.25, 0.3) is 0 Å². The predicted molar refractivity (Wildman–Crippen MR) is 73.7 cm³/mol. The molecule has 0 radical (unpaired) electrons. The summed E-state index contributed by atoms with van der Waals surface area (Å²) in [5.74, 6) is 0. The number of anilines is 1. The maximum atomic E-state index is 5.64. The molecule has 0 saturated heterocycles. The minimum Gasteiger partial charge on any atom is -0.375 e. The van der Waals surface area contributed by atoms with E-state index in [0.717, 1.165) is 12.1 Å². The summed E-state index contributed by atoms with van der Waals surface area (Å²) >= 11 is 1.54. The number of rotatable bonds is 3. The second-order valence-corrected chi connectivity index (χ2v) is 6.07. The van der Waals surface area contributed by atoms with Gasteiger partial charge in [-0.3, -0.25) is 4.68 Å². The lowest BCUT2D eigenvalue weighted by molar-refractivity contribution is 0.328. The predicted octanol–water partition coefficient (Wildman–Crippen LogP) is 3.02. The van der Waals surface area contributed by atoms with Crippen molar-refractivity contribution in [3.63, 3.8) is 0 Å². The summed E-state index contributed by atoms with van der Waals surface area (Å²) in [6.07, 6.45) is 11.4. The Morgan fingerprint density at radius 1 is 1.33 bits per heavy atom.